The predicted molar refractivity (Wildman–Crippen MR) is 142 cm³/mol. The largest absolute Gasteiger partial charge is 0.489 e. The third kappa shape index (κ3) is 9.59. The zero-order valence-corrected chi connectivity index (χ0v) is 21.2. The minimum absolute atomic E-state index is 0.0700. The van der Waals surface area contributed by atoms with Gasteiger partial charge in [-0.2, -0.15) is 0 Å². The summed E-state index contributed by atoms with van der Waals surface area (Å²) < 4.78 is 33.8. The minimum atomic E-state index is -0.643. The van der Waals surface area contributed by atoms with Crippen LogP contribution in [0.15, 0.2) is 81.0 Å². The molecule has 2 aromatic carbocycles. The first-order valence-corrected chi connectivity index (χ1v) is 11.7. The third-order valence-electron chi connectivity index (χ3n) is 4.96. The Bertz CT molecular complexity index is 1090. The molecule has 0 bridgehead atoms. The van der Waals surface area contributed by atoms with Crippen molar-refractivity contribution in [2.24, 2.45) is 0 Å². The molecule has 0 fully saturated rings. The lowest BCUT2D eigenvalue weighted by atomic mass is 10.0. The molecule has 0 spiro atoms. The molecule has 0 heterocycles. The molecule has 8 nitrogen and oxygen atoms in total. The van der Waals surface area contributed by atoms with Crippen LogP contribution in [0, 0.1) is 6.92 Å². The number of rotatable bonds is 18. The number of esters is 2. The van der Waals surface area contributed by atoms with E-state index in [1.165, 1.54) is 0 Å². The Morgan fingerprint density at radius 3 is 1.81 bits per heavy atom. The Balaban J connectivity index is 2.22. The summed E-state index contributed by atoms with van der Waals surface area (Å²) in [7, 11) is 0. The molecule has 0 radical (unpaired) electrons. The van der Waals surface area contributed by atoms with E-state index in [4.69, 9.17) is 28.4 Å². The van der Waals surface area contributed by atoms with Crippen LogP contribution in [0.2, 0.25) is 0 Å². The number of ether oxygens (including phenoxy) is 6. The summed E-state index contributed by atoms with van der Waals surface area (Å²) >= 11 is 0. The highest BCUT2D eigenvalue weighted by molar-refractivity contribution is 5.94. The molecule has 0 aromatic heterocycles. The van der Waals surface area contributed by atoms with Gasteiger partial charge in [0.05, 0.1) is 26.4 Å². The lowest BCUT2D eigenvalue weighted by Gasteiger charge is -2.21. The summed E-state index contributed by atoms with van der Waals surface area (Å²) in [4.78, 5) is 23.5. The standard InChI is InChI=1S/C29H34O8/c1-6-14-32-17-22(36-27(30)8-3)19-34-26-16-21(5)29(25-13-11-10-12-24(25)26)35-20-23(18-33-15-7-2)37-28(31)9-4/h6-13,16,22-23H,1-4,14-15,17-20H2,5H3. The molecule has 2 unspecified atom stereocenters. The number of benzene rings is 2. The zero-order chi connectivity index (χ0) is 27.0. The molecule has 2 aromatic rings. The molecule has 198 valence electrons. The van der Waals surface area contributed by atoms with Crippen LogP contribution in [-0.2, 0) is 28.5 Å². The Hall–Kier alpha value is -3.88. The van der Waals surface area contributed by atoms with E-state index in [2.05, 4.69) is 26.3 Å². The molecule has 0 aliphatic rings. The van der Waals surface area contributed by atoms with Gasteiger partial charge in [0.25, 0.3) is 0 Å². The Kier molecular flexibility index (Phi) is 12.7. The maximum atomic E-state index is 11.7. The van der Waals surface area contributed by atoms with Gasteiger partial charge in [0.15, 0.2) is 12.2 Å². The topological polar surface area (TPSA) is 89.5 Å². The second kappa shape index (κ2) is 16.0. The summed E-state index contributed by atoms with van der Waals surface area (Å²) in [5.41, 5.74) is 0.803. The van der Waals surface area contributed by atoms with Crippen LogP contribution in [0.4, 0.5) is 0 Å². The lowest BCUT2D eigenvalue weighted by Crippen LogP contribution is -2.30. The van der Waals surface area contributed by atoms with Crippen molar-refractivity contribution in [2.45, 2.75) is 19.1 Å². The lowest BCUT2D eigenvalue weighted by molar-refractivity contribution is -0.148. The fourth-order valence-electron chi connectivity index (χ4n) is 3.34. The van der Waals surface area contributed by atoms with Crippen LogP contribution >= 0.6 is 0 Å². The molecule has 2 atom stereocenters. The molecular formula is C29H34O8. The first-order valence-electron chi connectivity index (χ1n) is 11.7. The first-order chi connectivity index (χ1) is 17.9. The van der Waals surface area contributed by atoms with E-state index in [1.807, 2.05) is 37.3 Å². The molecule has 8 heteroatoms. The predicted octanol–water partition coefficient (Wildman–Crippen LogP) is 4.51. The van der Waals surface area contributed by atoms with Gasteiger partial charge in [0.2, 0.25) is 0 Å². The highest BCUT2D eigenvalue weighted by Gasteiger charge is 2.19. The molecule has 37 heavy (non-hydrogen) atoms. The number of carbonyl (C=O) groups excluding carboxylic acids is 2. The molecule has 0 saturated carbocycles. The third-order valence-corrected chi connectivity index (χ3v) is 4.96. The Morgan fingerprint density at radius 2 is 1.30 bits per heavy atom. The van der Waals surface area contributed by atoms with Gasteiger partial charge in [-0.25, -0.2) is 9.59 Å². The average Bonchev–Trinajstić information content (AvgIpc) is 2.90. The Labute approximate surface area is 217 Å². The quantitative estimate of drug-likeness (QED) is 0.125. The summed E-state index contributed by atoms with van der Waals surface area (Å²) in [5, 5.41) is 1.60. The van der Waals surface area contributed by atoms with Crippen molar-refractivity contribution in [1.82, 2.24) is 0 Å². The zero-order valence-electron chi connectivity index (χ0n) is 21.2. The summed E-state index contributed by atoms with van der Waals surface area (Å²) in [6.45, 7) is 17.0. The van der Waals surface area contributed by atoms with Crippen molar-refractivity contribution < 1.29 is 38.0 Å². The van der Waals surface area contributed by atoms with Gasteiger partial charge < -0.3 is 28.4 Å². The van der Waals surface area contributed by atoms with E-state index < -0.39 is 24.1 Å². The maximum absolute atomic E-state index is 11.7. The van der Waals surface area contributed by atoms with Crippen LogP contribution in [0.5, 0.6) is 11.5 Å². The summed E-state index contributed by atoms with van der Waals surface area (Å²) in [6, 6.07) is 9.42. The summed E-state index contributed by atoms with van der Waals surface area (Å²) in [6.07, 6.45) is 4.12. The number of fused-ring (bicyclic) bond motifs is 1. The van der Waals surface area contributed by atoms with Gasteiger partial charge in [0, 0.05) is 22.9 Å². The molecule has 2 rings (SSSR count). The number of hydrogen-bond acceptors (Lipinski definition) is 8. The molecule has 0 aliphatic carbocycles. The number of carbonyl (C=O) groups is 2. The highest BCUT2D eigenvalue weighted by Crippen LogP contribution is 2.36. The van der Waals surface area contributed by atoms with Crippen LogP contribution in [-0.4, -0.2) is 63.8 Å². The van der Waals surface area contributed by atoms with E-state index in [1.54, 1.807) is 12.2 Å². The number of aryl methyl sites for hydroxylation is 1. The fourth-order valence-corrected chi connectivity index (χ4v) is 3.34. The molecule has 0 amide bonds. The van der Waals surface area contributed by atoms with Crippen molar-refractivity contribution in [1.29, 1.82) is 0 Å². The highest BCUT2D eigenvalue weighted by atomic mass is 16.6. The van der Waals surface area contributed by atoms with Crippen molar-refractivity contribution in [3.05, 3.63) is 86.5 Å². The van der Waals surface area contributed by atoms with Gasteiger partial charge in [-0.1, -0.05) is 49.6 Å². The molecule has 0 N–H and O–H groups in total. The van der Waals surface area contributed by atoms with E-state index in [-0.39, 0.29) is 26.4 Å². The average molecular weight is 511 g/mol. The summed E-state index contributed by atoms with van der Waals surface area (Å²) in [5.74, 6) is 0.0809. The maximum Gasteiger partial charge on any atom is 0.330 e. The smallest absolute Gasteiger partial charge is 0.330 e. The van der Waals surface area contributed by atoms with Crippen molar-refractivity contribution in [3.63, 3.8) is 0 Å². The second-order valence-corrected chi connectivity index (χ2v) is 7.87. The molecular weight excluding hydrogens is 476 g/mol. The first kappa shape index (κ1) is 29.4. The Morgan fingerprint density at radius 1 is 0.784 bits per heavy atom. The van der Waals surface area contributed by atoms with Crippen molar-refractivity contribution in [2.75, 3.05) is 39.6 Å². The van der Waals surface area contributed by atoms with E-state index in [9.17, 15) is 9.59 Å². The monoisotopic (exact) mass is 510 g/mol. The van der Waals surface area contributed by atoms with Crippen LogP contribution in [0.3, 0.4) is 0 Å². The SMILES string of the molecule is C=CCOCC(COc1cc(C)c(OCC(COCC=C)OC(=O)C=C)c2ccccc12)OC(=O)C=C. The second-order valence-electron chi connectivity index (χ2n) is 7.87. The van der Waals surface area contributed by atoms with Gasteiger partial charge in [0.1, 0.15) is 24.7 Å². The van der Waals surface area contributed by atoms with E-state index >= 15 is 0 Å². The van der Waals surface area contributed by atoms with Gasteiger partial charge in [-0.05, 0) is 18.6 Å². The van der Waals surface area contributed by atoms with E-state index in [0.29, 0.717) is 24.7 Å². The molecule has 0 saturated heterocycles. The van der Waals surface area contributed by atoms with Crippen LogP contribution in [0.1, 0.15) is 5.56 Å². The van der Waals surface area contributed by atoms with Gasteiger partial charge in [-0.3, -0.25) is 0 Å². The van der Waals surface area contributed by atoms with E-state index in [0.717, 1.165) is 28.5 Å². The number of hydrogen-bond donors (Lipinski definition) is 0. The fraction of sp³-hybridized carbons (Fsp3) is 0.310. The minimum Gasteiger partial charge on any atom is -0.489 e. The van der Waals surface area contributed by atoms with Gasteiger partial charge in [-0.15, -0.1) is 13.2 Å². The normalized spacial score (nSPS) is 12.1. The van der Waals surface area contributed by atoms with Crippen LogP contribution in [0.25, 0.3) is 10.8 Å². The van der Waals surface area contributed by atoms with Crippen molar-refractivity contribution >= 4 is 22.7 Å². The van der Waals surface area contributed by atoms with Crippen molar-refractivity contribution in [3.8, 4) is 11.5 Å². The van der Waals surface area contributed by atoms with Gasteiger partial charge >= 0.3 is 11.9 Å². The molecule has 0 aliphatic heterocycles. The van der Waals surface area contributed by atoms with Crippen LogP contribution < -0.4 is 9.47 Å².